The molecule has 4 nitrogen and oxygen atoms in total. The molecule has 0 aromatic heterocycles. The summed E-state index contributed by atoms with van der Waals surface area (Å²) in [6, 6.07) is 0.757. The topological polar surface area (TPSA) is 56.3 Å². The second-order valence-electron chi connectivity index (χ2n) is 4.84. The summed E-state index contributed by atoms with van der Waals surface area (Å²) >= 11 is 0. The minimum Gasteiger partial charge on any atom is -0.512 e. The second-order valence-corrected chi connectivity index (χ2v) is 4.84. The fraction of sp³-hybridized carbons (Fsp3) is 0.750. The average molecular weight is 465 g/mol. The van der Waals surface area contributed by atoms with Gasteiger partial charge in [-0.25, -0.2) is 13.1 Å². The van der Waals surface area contributed by atoms with Crippen molar-refractivity contribution >= 4 is 0 Å². The molecule has 0 bridgehead atoms. The van der Waals surface area contributed by atoms with Crippen molar-refractivity contribution in [2.45, 2.75) is 76.3 Å². The molecule has 116 valence electrons. The van der Waals surface area contributed by atoms with Gasteiger partial charge in [0.15, 0.2) is 0 Å². The van der Waals surface area contributed by atoms with Crippen LogP contribution in [0.4, 0.5) is 0 Å². The first-order valence-corrected chi connectivity index (χ1v) is 7.04. The van der Waals surface area contributed by atoms with Gasteiger partial charge >= 0.3 is 21.1 Å². The second kappa shape index (κ2) is 21.0. The monoisotopic (exact) mass is 465 g/mol. The van der Waals surface area contributed by atoms with Crippen molar-refractivity contribution in [3.05, 3.63) is 36.0 Å². The molecule has 2 rings (SSSR count). The molecule has 0 saturated heterocycles. The summed E-state index contributed by atoms with van der Waals surface area (Å²) in [4.78, 5) is 7.00. The molecule has 5 heteroatoms. The fourth-order valence-electron chi connectivity index (χ4n) is 2.42. The number of nitrogens with zero attached hydrogens (tertiary/aromatic N) is 4. The van der Waals surface area contributed by atoms with Gasteiger partial charge in [-0.3, -0.25) is 0 Å². The van der Waals surface area contributed by atoms with E-state index in [4.69, 9.17) is 36.8 Å². The van der Waals surface area contributed by atoms with E-state index in [0.29, 0.717) is 12.1 Å². The summed E-state index contributed by atoms with van der Waals surface area (Å²) < 4.78 is 0. The van der Waals surface area contributed by atoms with E-state index in [-0.39, 0.29) is 21.1 Å². The molecule has 2 fully saturated rings. The average Bonchev–Trinajstić information content (AvgIpc) is 2.60. The first-order valence-electron chi connectivity index (χ1n) is 7.04. The molecule has 0 atom stereocenters. The molecule has 0 radical (unpaired) electrons. The fourth-order valence-corrected chi connectivity index (χ4v) is 2.42. The van der Waals surface area contributed by atoms with Gasteiger partial charge < -0.3 is 33.4 Å². The third kappa shape index (κ3) is 14.9. The summed E-state index contributed by atoms with van der Waals surface area (Å²) in [7, 11) is 0. The predicted octanol–water partition coefficient (Wildman–Crippen LogP) is 4.67. The van der Waals surface area contributed by atoms with E-state index < -0.39 is 0 Å². The first-order chi connectivity index (χ1) is 9.86. The molecule has 0 heterocycles. The van der Waals surface area contributed by atoms with E-state index >= 15 is 0 Å². The summed E-state index contributed by atoms with van der Waals surface area (Å²) in [6.45, 7) is 22.9. The Labute approximate surface area is 144 Å². The molecule has 0 N–H and O–H groups in total. The Bertz CT molecular complexity index is 292. The van der Waals surface area contributed by atoms with E-state index in [2.05, 4.69) is 9.69 Å². The van der Waals surface area contributed by atoms with Crippen LogP contribution in [0.2, 0.25) is 0 Å². The Morgan fingerprint density at radius 2 is 0.810 bits per heavy atom. The summed E-state index contributed by atoms with van der Waals surface area (Å²) in [6.07, 6.45) is 12.5. The largest absolute Gasteiger partial charge is 2.00 e. The van der Waals surface area contributed by atoms with Gasteiger partial charge in [0.1, 0.15) is 0 Å². The molecule has 0 unspecified atom stereocenters. The zero-order valence-electron chi connectivity index (χ0n) is 12.3. The van der Waals surface area contributed by atoms with E-state index in [9.17, 15) is 0 Å². The molecule has 2 aliphatic carbocycles. The van der Waals surface area contributed by atoms with Gasteiger partial charge in [-0.15, -0.1) is 0 Å². The summed E-state index contributed by atoms with van der Waals surface area (Å²) in [5.41, 5.74) is 0. The van der Waals surface area contributed by atoms with E-state index in [1.54, 1.807) is 0 Å². The van der Waals surface area contributed by atoms with E-state index in [0.717, 1.165) is 25.7 Å². The molecule has 0 spiro atoms. The quantitative estimate of drug-likeness (QED) is 0.489. The van der Waals surface area contributed by atoms with Gasteiger partial charge in [-0.2, -0.15) is 0 Å². The van der Waals surface area contributed by atoms with Crippen LogP contribution in [0.3, 0.4) is 0 Å². The smallest absolute Gasteiger partial charge is 0.512 e. The van der Waals surface area contributed by atoms with Gasteiger partial charge in [-0.1, -0.05) is 12.8 Å². The van der Waals surface area contributed by atoms with Crippen LogP contribution in [0.15, 0.2) is 0 Å². The van der Waals surface area contributed by atoms with Crippen LogP contribution >= 0.6 is 0 Å². The van der Waals surface area contributed by atoms with Crippen molar-refractivity contribution in [2.75, 3.05) is 0 Å². The molecule has 0 aliphatic heterocycles. The standard InChI is InChI=1S/2C7H11N.2CN.Pt/c2*1-8-7-5-3-2-4-6-7;2*1-2;/h2*7H,2-6H2;;;/q;;2*-1;+2. The van der Waals surface area contributed by atoms with Gasteiger partial charge in [0.05, 0.1) is 0 Å². The van der Waals surface area contributed by atoms with E-state index in [1.807, 2.05) is 0 Å². The van der Waals surface area contributed by atoms with Crippen molar-refractivity contribution in [3.8, 4) is 0 Å². The van der Waals surface area contributed by atoms with Crippen LogP contribution in [0.1, 0.15) is 64.2 Å². The van der Waals surface area contributed by atoms with Crippen LogP contribution in [-0.2, 0) is 21.1 Å². The maximum absolute atomic E-state index is 6.72. The van der Waals surface area contributed by atoms with Crippen LogP contribution in [0.25, 0.3) is 9.69 Å². The molecule has 2 aliphatic rings. The van der Waals surface area contributed by atoms with Crippen LogP contribution in [-0.4, -0.2) is 12.1 Å². The van der Waals surface area contributed by atoms with Gasteiger partial charge in [-0.05, 0) is 25.7 Å². The zero-order chi connectivity index (χ0) is 15.6. The maximum Gasteiger partial charge on any atom is 2.00 e. The van der Waals surface area contributed by atoms with Crippen molar-refractivity contribution in [1.82, 2.24) is 0 Å². The van der Waals surface area contributed by atoms with E-state index in [1.165, 1.54) is 38.5 Å². The Balaban J connectivity index is -0.000000240. The number of rotatable bonds is 0. The summed E-state index contributed by atoms with van der Waals surface area (Å²) in [5.74, 6) is 0. The molecule has 21 heavy (non-hydrogen) atoms. The van der Waals surface area contributed by atoms with Crippen molar-refractivity contribution < 1.29 is 21.1 Å². The Hall–Kier alpha value is -1.35. The van der Waals surface area contributed by atoms with Crippen molar-refractivity contribution in [1.29, 1.82) is 10.5 Å². The minimum atomic E-state index is 0. The Morgan fingerprint density at radius 3 is 0.952 bits per heavy atom. The summed E-state index contributed by atoms with van der Waals surface area (Å²) in [5, 5.41) is 12.5. The van der Waals surface area contributed by atoms with Crippen molar-refractivity contribution in [2.24, 2.45) is 0 Å². The van der Waals surface area contributed by atoms with Crippen LogP contribution in [0, 0.1) is 36.8 Å². The van der Waals surface area contributed by atoms with Gasteiger partial charge in [0.25, 0.3) is 0 Å². The normalized spacial score (nSPS) is 17.2. The molecule has 0 aromatic rings. The molecular formula is C16H22N4Pt. The zero-order valence-corrected chi connectivity index (χ0v) is 14.6. The molecule has 2 saturated carbocycles. The number of hydrogen-bond donors (Lipinski definition) is 0. The van der Waals surface area contributed by atoms with Crippen LogP contribution < -0.4 is 0 Å². The Kier molecular flexibility index (Phi) is 24.6. The third-order valence-corrected chi connectivity index (χ3v) is 3.51. The molecule has 0 aromatic carbocycles. The van der Waals surface area contributed by atoms with Crippen LogP contribution in [0.5, 0.6) is 0 Å². The number of hydrogen-bond acceptors (Lipinski definition) is 2. The minimum absolute atomic E-state index is 0. The van der Waals surface area contributed by atoms with Crippen molar-refractivity contribution in [3.63, 3.8) is 0 Å². The van der Waals surface area contributed by atoms with Gasteiger partial charge in [0.2, 0.25) is 12.1 Å². The SMILES string of the molecule is [C-]#N.[C-]#N.[C-]#[N+]C1CCCCC1.[C-]#[N+]C1CCCCC1.[Pt+2]. The molecule has 0 amide bonds. The third-order valence-electron chi connectivity index (χ3n) is 3.51. The maximum atomic E-state index is 6.72. The first kappa shape index (κ1) is 24.7. The Morgan fingerprint density at radius 1 is 0.571 bits per heavy atom. The predicted molar refractivity (Wildman–Crippen MR) is 76.9 cm³/mol. The molecular weight excluding hydrogens is 443 g/mol. The van der Waals surface area contributed by atoms with Gasteiger partial charge in [0, 0.05) is 25.7 Å².